The minimum Gasteiger partial charge on any atom is -0.483 e. The minimum absolute atomic E-state index is 0.328. The lowest BCUT2D eigenvalue weighted by molar-refractivity contribution is 0.117. The predicted molar refractivity (Wildman–Crippen MR) is 119 cm³/mol. The SMILES string of the molecule is C=C(OC)N(C)c1ccc(CSc2cc(F)cc(ONC=C3CCOCC3)c2)cc1. The van der Waals surface area contributed by atoms with E-state index < -0.39 is 0 Å². The average molecular weight is 431 g/mol. The number of anilines is 1. The van der Waals surface area contributed by atoms with Gasteiger partial charge in [0.25, 0.3) is 0 Å². The van der Waals surface area contributed by atoms with Crippen molar-refractivity contribution in [2.45, 2.75) is 23.5 Å². The van der Waals surface area contributed by atoms with Gasteiger partial charge in [-0.05, 0) is 54.8 Å². The molecule has 0 unspecified atom stereocenters. The summed E-state index contributed by atoms with van der Waals surface area (Å²) in [5.74, 6) is 1.41. The van der Waals surface area contributed by atoms with Crippen molar-refractivity contribution in [3.05, 3.63) is 78.1 Å². The minimum atomic E-state index is -0.328. The van der Waals surface area contributed by atoms with Gasteiger partial charge in [-0.25, -0.2) is 9.87 Å². The number of halogens is 1. The molecule has 2 aromatic rings. The van der Waals surface area contributed by atoms with E-state index in [4.69, 9.17) is 14.3 Å². The van der Waals surface area contributed by atoms with Gasteiger partial charge in [0.1, 0.15) is 5.82 Å². The maximum Gasteiger partial charge on any atom is 0.185 e. The molecular formula is C23H27FN2O3S. The van der Waals surface area contributed by atoms with Crippen molar-refractivity contribution in [1.82, 2.24) is 5.48 Å². The Balaban J connectivity index is 1.55. The molecule has 1 aliphatic heterocycles. The number of rotatable bonds is 9. The molecule has 2 aromatic carbocycles. The van der Waals surface area contributed by atoms with E-state index in [0.717, 1.165) is 48.0 Å². The molecule has 0 saturated carbocycles. The highest BCUT2D eigenvalue weighted by atomic mass is 32.2. The van der Waals surface area contributed by atoms with E-state index in [1.165, 1.54) is 17.7 Å². The van der Waals surface area contributed by atoms with E-state index in [1.54, 1.807) is 18.9 Å². The van der Waals surface area contributed by atoms with E-state index >= 15 is 0 Å². The first-order valence-electron chi connectivity index (χ1n) is 9.72. The monoisotopic (exact) mass is 430 g/mol. The Morgan fingerprint density at radius 1 is 1.23 bits per heavy atom. The molecule has 1 N–H and O–H groups in total. The molecule has 0 bridgehead atoms. The summed E-state index contributed by atoms with van der Waals surface area (Å²) < 4.78 is 24.5. The van der Waals surface area contributed by atoms with Crippen LogP contribution in [0.1, 0.15) is 18.4 Å². The summed E-state index contributed by atoms with van der Waals surface area (Å²) in [5, 5.41) is 0. The Kier molecular flexibility index (Phi) is 8.04. The van der Waals surface area contributed by atoms with Crippen molar-refractivity contribution < 1.29 is 18.7 Å². The van der Waals surface area contributed by atoms with Crippen molar-refractivity contribution in [3.8, 4) is 5.75 Å². The fraction of sp³-hybridized carbons (Fsp3) is 0.304. The molecule has 3 rings (SSSR count). The Bertz CT molecular complexity index is 879. The van der Waals surface area contributed by atoms with E-state index in [9.17, 15) is 4.39 Å². The third-order valence-electron chi connectivity index (χ3n) is 4.76. The fourth-order valence-electron chi connectivity index (χ4n) is 2.90. The molecule has 0 aromatic heterocycles. The first-order valence-corrected chi connectivity index (χ1v) is 10.7. The van der Waals surface area contributed by atoms with E-state index in [1.807, 2.05) is 48.5 Å². The highest BCUT2D eigenvalue weighted by molar-refractivity contribution is 7.98. The summed E-state index contributed by atoms with van der Waals surface area (Å²) in [6, 6.07) is 12.8. The van der Waals surface area contributed by atoms with Gasteiger partial charge in [0.15, 0.2) is 11.6 Å². The summed E-state index contributed by atoms with van der Waals surface area (Å²) in [4.78, 5) is 8.19. The normalized spacial score (nSPS) is 13.5. The molecule has 1 heterocycles. The average Bonchev–Trinajstić information content (AvgIpc) is 2.77. The Morgan fingerprint density at radius 2 is 1.97 bits per heavy atom. The van der Waals surface area contributed by atoms with E-state index in [-0.39, 0.29) is 5.82 Å². The van der Waals surface area contributed by atoms with Gasteiger partial charge in [0.05, 0.1) is 20.3 Å². The van der Waals surface area contributed by atoms with Crippen LogP contribution in [0, 0.1) is 5.82 Å². The van der Waals surface area contributed by atoms with Crippen molar-refractivity contribution in [1.29, 1.82) is 0 Å². The Morgan fingerprint density at radius 3 is 2.67 bits per heavy atom. The molecule has 30 heavy (non-hydrogen) atoms. The molecular weight excluding hydrogens is 403 g/mol. The second kappa shape index (κ2) is 10.9. The number of thioether (sulfide) groups is 1. The highest BCUT2D eigenvalue weighted by Crippen LogP contribution is 2.28. The zero-order valence-corrected chi connectivity index (χ0v) is 18.1. The maximum atomic E-state index is 14.0. The zero-order valence-electron chi connectivity index (χ0n) is 17.3. The van der Waals surface area contributed by atoms with Crippen LogP contribution in [0.3, 0.4) is 0 Å². The number of benzene rings is 2. The van der Waals surface area contributed by atoms with Gasteiger partial charge in [-0.1, -0.05) is 12.1 Å². The Labute approximate surface area is 181 Å². The van der Waals surface area contributed by atoms with Crippen LogP contribution in [-0.4, -0.2) is 27.4 Å². The summed E-state index contributed by atoms with van der Waals surface area (Å²) in [5.41, 5.74) is 6.17. The lowest BCUT2D eigenvalue weighted by Gasteiger charge is -2.20. The second-order valence-electron chi connectivity index (χ2n) is 6.87. The van der Waals surface area contributed by atoms with Crippen LogP contribution >= 0.6 is 11.8 Å². The molecule has 1 fully saturated rings. The standard InChI is InChI=1S/C23H27FN2O3S/c1-17(27-3)26(2)21-6-4-19(5-7-21)16-30-23-13-20(24)12-22(14-23)29-25-15-18-8-10-28-11-9-18/h4-7,12-15,25H,1,8-11,16H2,2-3H3. The number of hydrogen-bond donors (Lipinski definition) is 1. The largest absolute Gasteiger partial charge is 0.483 e. The van der Waals surface area contributed by atoms with Crippen molar-refractivity contribution in [3.63, 3.8) is 0 Å². The topological polar surface area (TPSA) is 43.0 Å². The third kappa shape index (κ3) is 6.43. The number of hydroxylamine groups is 1. The van der Waals surface area contributed by atoms with Crippen LogP contribution in [0.25, 0.3) is 0 Å². The summed E-state index contributed by atoms with van der Waals surface area (Å²) in [6.45, 7) is 5.31. The number of ether oxygens (including phenoxy) is 2. The van der Waals surface area contributed by atoms with Gasteiger partial charge in [-0.2, -0.15) is 0 Å². The van der Waals surface area contributed by atoms with E-state index in [0.29, 0.717) is 11.6 Å². The van der Waals surface area contributed by atoms with Crippen molar-refractivity contribution in [2.24, 2.45) is 0 Å². The van der Waals surface area contributed by atoms with Crippen LogP contribution < -0.4 is 15.2 Å². The number of hydrogen-bond acceptors (Lipinski definition) is 6. The number of methoxy groups -OCH3 is 1. The third-order valence-corrected chi connectivity index (χ3v) is 5.81. The zero-order chi connectivity index (χ0) is 21.3. The first-order chi connectivity index (χ1) is 14.5. The van der Waals surface area contributed by atoms with Gasteiger partial charge < -0.3 is 19.2 Å². The molecule has 0 atom stereocenters. The van der Waals surface area contributed by atoms with Gasteiger partial charge in [-0.15, -0.1) is 11.8 Å². The maximum absolute atomic E-state index is 14.0. The number of nitrogens with zero attached hydrogens (tertiary/aromatic N) is 1. The predicted octanol–water partition coefficient (Wildman–Crippen LogP) is 5.25. The summed E-state index contributed by atoms with van der Waals surface area (Å²) in [6.07, 6.45) is 3.60. The van der Waals surface area contributed by atoms with Crippen molar-refractivity contribution in [2.75, 3.05) is 32.3 Å². The molecule has 1 aliphatic rings. The van der Waals surface area contributed by atoms with Gasteiger partial charge in [0.2, 0.25) is 0 Å². The molecule has 0 spiro atoms. The van der Waals surface area contributed by atoms with Crippen LogP contribution in [0.4, 0.5) is 10.1 Å². The lowest BCUT2D eigenvalue weighted by atomic mass is 10.1. The van der Waals surface area contributed by atoms with Gasteiger partial charge in [-0.3, -0.25) is 0 Å². The molecule has 160 valence electrons. The second-order valence-corrected chi connectivity index (χ2v) is 7.92. The summed E-state index contributed by atoms with van der Waals surface area (Å²) >= 11 is 1.55. The Hall–Kier alpha value is -2.64. The smallest absolute Gasteiger partial charge is 0.185 e. The molecule has 0 aliphatic carbocycles. The highest BCUT2D eigenvalue weighted by Gasteiger charge is 2.08. The van der Waals surface area contributed by atoms with Crippen LogP contribution in [0.2, 0.25) is 0 Å². The van der Waals surface area contributed by atoms with Gasteiger partial charge in [0, 0.05) is 35.6 Å². The lowest BCUT2D eigenvalue weighted by Crippen LogP contribution is -2.16. The molecule has 7 heteroatoms. The van der Waals surface area contributed by atoms with Crippen molar-refractivity contribution >= 4 is 17.4 Å². The number of nitrogens with one attached hydrogen (secondary N) is 1. The van der Waals surface area contributed by atoms with E-state index in [2.05, 4.69) is 12.1 Å². The molecule has 5 nitrogen and oxygen atoms in total. The molecule has 0 radical (unpaired) electrons. The quantitative estimate of drug-likeness (QED) is 0.333. The van der Waals surface area contributed by atoms with Gasteiger partial charge >= 0.3 is 0 Å². The fourth-order valence-corrected chi connectivity index (χ4v) is 3.82. The van der Waals surface area contributed by atoms with Crippen LogP contribution in [-0.2, 0) is 15.2 Å². The van der Waals surface area contributed by atoms with Crippen LogP contribution in [0.15, 0.2) is 71.6 Å². The molecule has 1 saturated heterocycles. The summed E-state index contributed by atoms with van der Waals surface area (Å²) in [7, 11) is 3.49. The van der Waals surface area contributed by atoms with Crippen LogP contribution in [0.5, 0.6) is 5.75 Å². The molecule has 0 amide bonds. The first kappa shape index (κ1) is 22.1.